The van der Waals surface area contributed by atoms with Gasteiger partial charge in [-0.3, -0.25) is 4.79 Å². The highest BCUT2D eigenvalue weighted by Crippen LogP contribution is 2.36. The zero-order chi connectivity index (χ0) is 32.6. The summed E-state index contributed by atoms with van der Waals surface area (Å²) in [4.78, 5) is 34.3. The van der Waals surface area contributed by atoms with Crippen LogP contribution in [0.3, 0.4) is 0 Å². The second-order valence-electron chi connectivity index (χ2n) is 13.5. The smallest absolute Gasteiger partial charge is 0.264 e. The number of sulfonamides is 1. The Labute approximate surface area is 270 Å². The van der Waals surface area contributed by atoms with Crippen LogP contribution in [-0.2, 0) is 16.6 Å². The van der Waals surface area contributed by atoms with Gasteiger partial charge in [0, 0.05) is 29.6 Å². The Morgan fingerprint density at radius 3 is 2.33 bits per heavy atom. The van der Waals surface area contributed by atoms with Crippen molar-refractivity contribution in [2.75, 3.05) is 11.3 Å². The Kier molecular flexibility index (Phi) is 8.54. The van der Waals surface area contributed by atoms with Gasteiger partial charge in [-0.05, 0) is 79.3 Å². The maximum Gasteiger partial charge on any atom is 0.264 e. The van der Waals surface area contributed by atoms with Gasteiger partial charge in [-0.2, -0.15) is 4.98 Å². The molecule has 2 aliphatic rings. The van der Waals surface area contributed by atoms with Crippen molar-refractivity contribution in [3.05, 3.63) is 89.0 Å². The molecule has 1 aliphatic heterocycles. The van der Waals surface area contributed by atoms with Crippen LogP contribution < -0.4 is 9.46 Å². The minimum absolute atomic E-state index is 0.0745. The van der Waals surface area contributed by atoms with Gasteiger partial charge < -0.3 is 9.64 Å². The van der Waals surface area contributed by atoms with Gasteiger partial charge in [0.25, 0.3) is 15.9 Å². The largest absolute Gasteiger partial charge is 0.475 e. The zero-order valence-corrected chi connectivity index (χ0v) is 27.8. The van der Waals surface area contributed by atoms with Crippen molar-refractivity contribution in [3.8, 4) is 17.1 Å². The summed E-state index contributed by atoms with van der Waals surface area (Å²) in [6.07, 6.45) is 7.82. The molecule has 2 aromatic heterocycles. The molecule has 1 N–H and O–H groups in total. The predicted molar refractivity (Wildman–Crippen MR) is 176 cm³/mol. The summed E-state index contributed by atoms with van der Waals surface area (Å²) in [5.74, 6) is 0.744. The molecule has 46 heavy (non-hydrogen) atoms. The first-order chi connectivity index (χ1) is 21.9. The summed E-state index contributed by atoms with van der Waals surface area (Å²) in [7, 11) is -4.16. The first-order valence-electron chi connectivity index (χ1n) is 15.7. The number of fused-ring (bicyclic) bond motifs is 4. The van der Waals surface area contributed by atoms with E-state index in [4.69, 9.17) is 4.74 Å². The Morgan fingerprint density at radius 1 is 0.978 bits per heavy atom. The number of amides is 1. The molecule has 0 saturated heterocycles. The van der Waals surface area contributed by atoms with Crippen LogP contribution in [0.2, 0.25) is 0 Å². The van der Waals surface area contributed by atoms with E-state index in [9.17, 15) is 13.2 Å². The lowest BCUT2D eigenvalue weighted by Gasteiger charge is -2.35. The molecular formula is C35H40N6O4S. The zero-order valence-electron chi connectivity index (χ0n) is 26.9. The molecule has 1 atom stereocenters. The molecule has 1 saturated carbocycles. The van der Waals surface area contributed by atoms with Crippen LogP contribution in [0.1, 0.15) is 85.2 Å². The molecule has 0 spiro atoms. The Balaban J connectivity index is 1.46. The molecule has 3 heterocycles. The van der Waals surface area contributed by atoms with Crippen LogP contribution in [0.4, 0.5) is 5.95 Å². The van der Waals surface area contributed by atoms with Gasteiger partial charge in [0.1, 0.15) is 12.4 Å². The fraction of sp³-hybridized carbons (Fsp3) is 0.400. The van der Waals surface area contributed by atoms with Crippen molar-refractivity contribution in [2.24, 2.45) is 5.41 Å². The number of aromatic nitrogens is 4. The number of anilines is 1. The van der Waals surface area contributed by atoms with Gasteiger partial charge in [0.05, 0.1) is 23.2 Å². The van der Waals surface area contributed by atoms with Gasteiger partial charge in [-0.25, -0.2) is 28.1 Å². The van der Waals surface area contributed by atoms with Gasteiger partial charge in [0.15, 0.2) is 0 Å². The average molecular weight is 641 g/mol. The average Bonchev–Trinajstić information content (AvgIpc) is 2.97. The van der Waals surface area contributed by atoms with E-state index in [-0.39, 0.29) is 46.8 Å². The number of hydrogen-bond donors (Lipinski definition) is 1. The lowest BCUT2D eigenvalue weighted by molar-refractivity contribution is 0.0505. The summed E-state index contributed by atoms with van der Waals surface area (Å²) in [5, 5.41) is 0. The molecule has 1 amide bonds. The normalized spacial score (nSPS) is 18.3. The van der Waals surface area contributed by atoms with Gasteiger partial charge in [0.2, 0.25) is 11.8 Å². The predicted octanol–water partition coefficient (Wildman–Crippen LogP) is 6.46. The Morgan fingerprint density at radius 2 is 1.67 bits per heavy atom. The van der Waals surface area contributed by atoms with Gasteiger partial charge in [-0.1, -0.05) is 51.5 Å². The second-order valence-corrected chi connectivity index (χ2v) is 15.2. The minimum atomic E-state index is -4.16. The lowest BCUT2D eigenvalue weighted by atomic mass is 9.81. The number of carbonyl (C=O) groups excluding carboxylic acids is 1. The van der Waals surface area contributed by atoms with Crippen molar-refractivity contribution in [1.82, 2.24) is 24.8 Å². The van der Waals surface area contributed by atoms with Crippen molar-refractivity contribution >= 4 is 21.9 Å². The topological polar surface area (TPSA) is 127 Å². The summed E-state index contributed by atoms with van der Waals surface area (Å²) in [6, 6.07) is 13.3. The molecule has 1 aliphatic carbocycles. The van der Waals surface area contributed by atoms with Crippen LogP contribution >= 0.6 is 0 Å². The number of ether oxygens (including phenoxy) is 1. The number of hydrogen-bond acceptors (Lipinski definition) is 8. The summed E-state index contributed by atoms with van der Waals surface area (Å²) in [5.41, 5.74) is 4.53. The first kappa shape index (κ1) is 31.6. The van der Waals surface area contributed by atoms with Crippen molar-refractivity contribution < 1.29 is 17.9 Å². The number of nitrogens with zero attached hydrogens (tertiary/aromatic N) is 5. The number of aryl methyl sites for hydroxylation is 2. The number of benzene rings is 2. The van der Waals surface area contributed by atoms with Crippen molar-refractivity contribution in [1.29, 1.82) is 0 Å². The SMILES string of the molecule is Cc1cccc(C)c1-c1cc2nc(n1)NS(=O)(=O)c1cccc(c1)C(=O)N(Cc1ncc(C3CCC3)cn1)[C@H](CC(C)(C)C)CO2. The molecule has 0 radical (unpaired) electrons. The van der Waals surface area contributed by atoms with Crippen LogP contribution in [0.5, 0.6) is 5.88 Å². The molecule has 2 aromatic carbocycles. The first-order valence-corrected chi connectivity index (χ1v) is 17.2. The fourth-order valence-corrected chi connectivity index (χ4v) is 7.09. The van der Waals surface area contributed by atoms with Crippen LogP contribution in [-0.4, -0.2) is 51.8 Å². The third-order valence-electron chi connectivity index (χ3n) is 8.64. The van der Waals surface area contributed by atoms with Crippen LogP contribution in [0, 0.1) is 19.3 Å². The number of rotatable bonds is 5. The van der Waals surface area contributed by atoms with E-state index in [0.29, 0.717) is 23.9 Å². The maximum absolute atomic E-state index is 14.3. The second kappa shape index (κ2) is 12.4. The number of carbonyl (C=O) groups is 1. The van der Waals surface area contributed by atoms with E-state index >= 15 is 0 Å². The molecule has 10 nitrogen and oxygen atoms in total. The van der Waals surface area contributed by atoms with E-state index in [1.807, 2.05) is 44.4 Å². The fourth-order valence-electron chi connectivity index (χ4n) is 6.10. The summed E-state index contributed by atoms with van der Waals surface area (Å²) >= 11 is 0. The Bertz CT molecular complexity index is 1850. The van der Waals surface area contributed by atoms with Crippen molar-refractivity contribution in [3.63, 3.8) is 0 Å². The standard InChI is InChI=1S/C35H40N6O4S/c1-22-9-6-10-23(2)32(22)29-16-31-39-34(38-29)40-46(43,44)28-14-8-13-25(15-28)33(42)41(27(21-45-31)17-35(3,4)5)20-30-36-18-26(19-37-30)24-11-7-12-24/h6,8-10,13-16,18-19,24,27H,7,11-12,17,20-21H2,1-5H3,(H,38,39,40)/t27-/m1/s1. The van der Waals surface area contributed by atoms with E-state index in [1.54, 1.807) is 23.1 Å². The monoisotopic (exact) mass is 640 g/mol. The van der Waals surface area contributed by atoms with E-state index in [2.05, 4.69) is 45.4 Å². The third-order valence-corrected chi connectivity index (χ3v) is 9.97. The molecule has 0 unspecified atom stereocenters. The van der Waals surface area contributed by atoms with Crippen molar-refractivity contribution in [2.45, 2.75) is 83.7 Å². The molecule has 6 rings (SSSR count). The van der Waals surface area contributed by atoms with Crippen LogP contribution in [0.25, 0.3) is 11.3 Å². The van der Waals surface area contributed by atoms with E-state index < -0.39 is 16.1 Å². The summed E-state index contributed by atoms with van der Waals surface area (Å²) in [6.45, 7) is 10.5. The highest BCUT2D eigenvalue weighted by molar-refractivity contribution is 7.92. The molecular weight excluding hydrogens is 600 g/mol. The quantitative estimate of drug-likeness (QED) is 0.263. The minimum Gasteiger partial charge on any atom is -0.475 e. The highest BCUT2D eigenvalue weighted by atomic mass is 32.2. The Hall–Kier alpha value is -4.38. The van der Waals surface area contributed by atoms with Gasteiger partial charge in [-0.15, -0.1) is 0 Å². The van der Waals surface area contributed by atoms with E-state index in [1.165, 1.54) is 18.6 Å². The molecule has 11 heteroatoms. The maximum atomic E-state index is 14.3. The molecule has 240 valence electrons. The summed E-state index contributed by atoms with van der Waals surface area (Å²) < 4.78 is 36.1. The van der Waals surface area contributed by atoms with Crippen LogP contribution in [0.15, 0.2) is 65.8 Å². The molecule has 4 aromatic rings. The third kappa shape index (κ3) is 6.89. The number of nitrogens with one attached hydrogen (secondary N) is 1. The van der Waals surface area contributed by atoms with Gasteiger partial charge >= 0.3 is 0 Å². The molecule has 4 bridgehead atoms. The lowest BCUT2D eigenvalue weighted by Crippen LogP contribution is -2.45. The molecule has 1 fully saturated rings. The highest BCUT2D eigenvalue weighted by Gasteiger charge is 2.32. The van der Waals surface area contributed by atoms with E-state index in [0.717, 1.165) is 35.1 Å².